The molecule has 0 atom stereocenters. The van der Waals surface area contributed by atoms with E-state index in [0.29, 0.717) is 0 Å². The number of hydrogen-bond acceptors (Lipinski definition) is 1. The summed E-state index contributed by atoms with van der Waals surface area (Å²) >= 11 is 0. The molecule has 3 heteroatoms. The molecule has 0 aromatic heterocycles. The molecule has 0 heterocycles. The zero-order valence-corrected chi connectivity index (χ0v) is 15.1. The van der Waals surface area contributed by atoms with Gasteiger partial charge in [0.1, 0.15) is 0 Å². The molecule has 17 heavy (non-hydrogen) atoms. The molecule has 104 valence electrons. The van der Waals surface area contributed by atoms with E-state index in [1.807, 2.05) is 0 Å². The van der Waals surface area contributed by atoms with Crippen molar-refractivity contribution in [3.8, 4) is 0 Å². The molecule has 0 aromatic carbocycles. The lowest BCUT2D eigenvalue weighted by Crippen LogP contribution is -2.44. The van der Waals surface area contributed by atoms with E-state index in [1.165, 1.54) is 50.6 Å². The second-order valence-electron chi connectivity index (χ2n) is 6.54. The van der Waals surface area contributed by atoms with Crippen molar-refractivity contribution in [2.75, 3.05) is 0 Å². The van der Waals surface area contributed by atoms with Crippen LogP contribution in [0.3, 0.4) is 0 Å². The molecule has 0 aliphatic heterocycles. The van der Waals surface area contributed by atoms with Crippen LogP contribution in [-0.4, -0.2) is 16.6 Å². The number of rotatable bonds is 10. The van der Waals surface area contributed by atoms with Gasteiger partial charge in [0.2, 0.25) is 0 Å². The van der Waals surface area contributed by atoms with Crippen LogP contribution in [0.5, 0.6) is 0 Å². The van der Waals surface area contributed by atoms with Gasteiger partial charge in [-0.15, -0.1) is 0 Å². The minimum absolute atomic E-state index is 1.32. The largest absolute Gasteiger partial charge is 0.455 e. The third kappa shape index (κ3) is 10.0. The SMILES string of the molecule is CCCCC[Si](C)(C)O[Si](C)(C)CCCCC. The van der Waals surface area contributed by atoms with Crippen molar-refractivity contribution >= 4 is 16.6 Å². The van der Waals surface area contributed by atoms with E-state index in [4.69, 9.17) is 4.12 Å². The Kier molecular flexibility index (Phi) is 8.68. The van der Waals surface area contributed by atoms with Gasteiger partial charge in [-0.2, -0.15) is 0 Å². The Morgan fingerprint density at radius 1 is 0.647 bits per heavy atom. The average molecular weight is 275 g/mol. The second kappa shape index (κ2) is 8.49. The lowest BCUT2D eigenvalue weighted by Gasteiger charge is -2.34. The van der Waals surface area contributed by atoms with Crippen LogP contribution >= 0.6 is 0 Å². The van der Waals surface area contributed by atoms with E-state index in [1.54, 1.807) is 0 Å². The van der Waals surface area contributed by atoms with E-state index in [0.717, 1.165) is 0 Å². The Labute approximate surface area is 112 Å². The number of hydrogen-bond donors (Lipinski definition) is 0. The predicted molar refractivity (Wildman–Crippen MR) is 84.7 cm³/mol. The third-order valence-electron chi connectivity index (χ3n) is 3.32. The molecule has 0 aromatic rings. The quantitative estimate of drug-likeness (QED) is 0.362. The molecule has 0 rings (SSSR count). The Hall–Kier alpha value is 0.394. The van der Waals surface area contributed by atoms with Crippen LogP contribution < -0.4 is 0 Å². The molecule has 0 aliphatic rings. The maximum Gasteiger partial charge on any atom is 0.173 e. The first-order chi connectivity index (χ1) is 7.83. The van der Waals surface area contributed by atoms with Gasteiger partial charge in [-0.25, -0.2) is 0 Å². The molecule has 0 unspecified atom stereocenters. The summed E-state index contributed by atoms with van der Waals surface area (Å²) < 4.78 is 6.60. The highest BCUT2D eigenvalue weighted by molar-refractivity contribution is 6.84. The summed E-state index contributed by atoms with van der Waals surface area (Å²) in [5.41, 5.74) is 0. The van der Waals surface area contributed by atoms with Gasteiger partial charge < -0.3 is 4.12 Å². The van der Waals surface area contributed by atoms with Crippen LogP contribution in [0.15, 0.2) is 0 Å². The Bertz CT molecular complexity index is 171. The fourth-order valence-electron chi connectivity index (χ4n) is 2.45. The van der Waals surface area contributed by atoms with Crippen LogP contribution in [0, 0.1) is 0 Å². The van der Waals surface area contributed by atoms with Gasteiger partial charge in [0.05, 0.1) is 0 Å². The first-order valence-electron chi connectivity index (χ1n) is 7.53. The summed E-state index contributed by atoms with van der Waals surface area (Å²) in [5.74, 6) is 0. The third-order valence-corrected chi connectivity index (χ3v) is 10.9. The molecule has 1 nitrogen and oxygen atoms in total. The van der Waals surface area contributed by atoms with Crippen LogP contribution in [-0.2, 0) is 4.12 Å². The van der Waals surface area contributed by atoms with E-state index < -0.39 is 16.6 Å². The summed E-state index contributed by atoms with van der Waals surface area (Å²) in [5, 5.41) is 0. The summed E-state index contributed by atoms with van der Waals surface area (Å²) in [6.45, 7) is 14.2. The highest BCUT2D eigenvalue weighted by Crippen LogP contribution is 2.25. The fourth-order valence-corrected chi connectivity index (χ4v) is 11.5. The Morgan fingerprint density at radius 2 is 1.00 bits per heavy atom. The maximum absolute atomic E-state index is 6.60. The van der Waals surface area contributed by atoms with Crippen molar-refractivity contribution < 1.29 is 4.12 Å². The van der Waals surface area contributed by atoms with Crippen molar-refractivity contribution in [2.45, 2.75) is 90.6 Å². The molecular weight excluding hydrogens is 240 g/mol. The van der Waals surface area contributed by atoms with Crippen molar-refractivity contribution in [1.29, 1.82) is 0 Å². The first kappa shape index (κ1) is 17.4. The van der Waals surface area contributed by atoms with Crippen molar-refractivity contribution in [3.05, 3.63) is 0 Å². The van der Waals surface area contributed by atoms with Crippen LogP contribution in [0.4, 0.5) is 0 Å². The molecule has 0 N–H and O–H groups in total. The minimum Gasteiger partial charge on any atom is -0.455 e. The van der Waals surface area contributed by atoms with Gasteiger partial charge in [0.15, 0.2) is 16.6 Å². The zero-order chi connectivity index (χ0) is 13.4. The smallest absolute Gasteiger partial charge is 0.173 e. The molecule has 0 saturated carbocycles. The van der Waals surface area contributed by atoms with E-state index in [2.05, 4.69) is 40.0 Å². The van der Waals surface area contributed by atoms with Gasteiger partial charge in [0, 0.05) is 0 Å². The molecule has 0 amide bonds. The van der Waals surface area contributed by atoms with Crippen molar-refractivity contribution in [3.63, 3.8) is 0 Å². The second-order valence-corrected chi connectivity index (χ2v) is 15.4. The highest BCUT2D eigenvalue weighted by atomic mass is 28.4. The highest BCUT2D eigenvalue weighted by Gasteiger charge is 2.31. The Morgan fingerprint density at radius 3 is 1.29 bits per heavy atom. The zero-order valence-electron chi connectivity index (χ0n) is 13.1. The molecule has 0 spiro atoms. The summed E-state index contributed by atoms with van der Waals surface area (Å²) in [7, 11) is -2.75. The predicted octanol–water partition coefficient (Wildman–Crippen LogP) is 5.79. The normalized spacial score (nSPS) is 13.1. The van der Waals surface area contributed by atoms with Crippen LogP contribution in [0.25, 0.3) is 0 Å². The molecular formula is C14H34OSi2. The summed E-state index contributed by atoms with van der Waals surface area (Å²) in [6.07, 6.45) is 8.13. The lowest BCUT2D eigenvalue weighted by atomic mass is 10.3. The molecule has 0 radical (unpaired) electrons. The van der Waals surface area contributed by atoms with Gasteiger partial charge in [-0.1, -0.05) is 52.4 Å². The Balaban J connectivity index is 3.99. The maximum atomic E-state index is 6.60. The summed E-state index contributed by atoms with van der Waals surface area (Å²) in [4.78, 5) is 0. The summed E-state index contributed by atoms with van der Waals surface area (Å²) in [6, 6.07) is 2.70. The van der Waals surface area contributed by atoms with Gasteiger partial charge >= 0.3 is 0 Å². The van der Waals surface area contributed by atoms with Crippen molar-refractivity contribution in [2.24, 2.45) is 0 Å². The molecule has 0 bridgehead atoms. The van der Waals surface area contributed by atoms with Gasteiger partial charge in [-0.3, -0.25) is 0 Å². The van der Waals surface area contributed by atoms with Gasteiger partial charge in [-0.05, 0) is 38.3 Å². The average Bonchev–Trinajstić information content (AvgIpc) is 2.16. The standard InChI is InChI=1S/C14H34OSi2/c1-7-9-11-13-16(3,4)15-17(5,6)14-12-10-8-2/h7-14H2,1-6H3. The van der Waals surface area contributed by atoms with Gasteiger partial charge in [0.25, 0.3) is 0 Å². The van der Waals surface area contributed by atoms with Crippen LogP contribution in [0.1, 0.15) is 52.4 Å². The molecule has 0 aliphatic carbocycles. The topological polar surface area (TPSA) is 9.23 Å². The lowest BCUT2D eigenvalue weighted by molar-refractivity contribution is 0.525. The molecule has 0 saturated heterocycles. The fraction of sp³-hybridized carbons (Fsp3) is 1.00. The monoisotopic (exact) mass is 274 g/mol. The van der Waals surface area contributed by atoms with Crippen molar-refractivity contribution in [1.82, 2.24) is 0 Å². The number of unbranched alkanes of at least 4 members (excludes halogenated alkanes) is 4. The first-order valence-corrected chi connectivity index (χ1v) is 13.8. The van der Waals surface area contributed by atoms with E-state index in [9.17, 15) is 0 Å². The van der Waals surface area contributed by atoms with Crippen LogP contribution in [0.2, 0.25) is 38.3 Å². The minimum atomic E-state index is -1.37. The molecule has 0 fully saturated rings. The van der Waals surface area contributed by atoms with E-state index >= 15 is 0 Å². The van der Waals surface area contributed by atoms with E-state index in [-0.39, 0.29) is 0 Å².